The number of hydrogen-bond acceptors (Lipinski definition) is 8. The van der Waals surface area contributed by atoms with Gasteiger partial charge < -0.3 is 24.4 Å². The highest BCUT2D eigenvalue weighted by Crippen LogP contribution is 2.39. The molecule has 7 rings (SSSR count). The van der Waals surface area contributed by atoms with Gasteiger partial charge in [-0.05, 0) is 61.5 Å². The lowest BCUT2D eigenvalue weighted by Crippen LogP contribution is -2.44. The van der Waals surface area contributed by atoms with Gasteiger partial charge in [0.25, 0.3) is 5.56 Å². The number of methoxy groups -OCH3 is 1. The molecule has 2 saturated heterocycles. The normalized spacial score (nSPS) is 16.0. The zero-order chi connectivity index (χ0) is 30.4. The third kappa shape index (κ3) is 5.05. The Kier molecular flexibility index (Phi) is 7.21. The molecule has 2 fully saturated rings. The highest BCUT2D eigenvalue weighted by atomic mass is 19.4. The van der Waals surface area contributed by atoms with Crippen molar-refractivity contribution in [1.29, 1.82) is 0 Å². The van der Waals surface area contributed by atoms with Crippen LogP contribution in [0.2, 0.25) is 0 Å². The van der Waals surface area contributed by atoms with Crippen LogP contribution in [0.3, 0.4) is 0 Å². The van der Waals surface area contributed by atoms with Crippen molar-refractivity contribution in [3.8, 4) is 22.7 Å². The molecule has 0 atom stereocenters. The van der Waals surface area contributed by atoms with Crippen LogP contribution in [-0.2, 0) is 12.7 Å². The van der Waals surface area contributed by atoms with E-state index in [1.54, 1.807) is 34.9 Å². The summed E-state index contributed by atoms with van der Waals surface area (Å²) >= 11 is 0. The molecular formula is C31H31F3N8O2. The standard InChI is InChI=1S/C31H31F3N8O2/c1-44-27-8-4-21(19-36-27)20-3-6-25-23(17-20)29-28(30(43)41(25)16-15-39-11-2-12-39)37-38-42(29)22-5-7-26(24(18-22)31(32,33)34)40-13-9-35-10-14-40/h3-8,17-19,35H,2,9-16H2,1H3. The second-order valence-corrected chi connectivity index (χ2v) is 11.1. The Balaban J connectivity index is 1.42. The van der Waals surface area contributed by atoms with Crippen LogP contribution in [-0.4, -0.2) is 82.4 Å². The van der Waals surface area contributed by atoms with Crippen LogP contribution in [0.5, 0.6) is 5.88 Å². The molecule has 0 radical (unpaired) electrons. The van der Waals surface area contributed by atoms with Crippen LogP contribution >= 0.6 is 0 Å². The Morgan fingerprint density at radius 1 is 0.955 bits per heavy atom. The minimum atomic E-state index is -4.59. The second-order valence-electron chi connectivity index (χ2n) is 11.1. The Labute approximate surface area is 250 Å². The first-order chi connectivity index (χ1) is 21.3. The third-order valence-electron chi connectivity index (χ3n) is 8.52. The molecule has 0 aliphatic carbocycles. The molecule has 0 saturated carbocycles. The summed E-state index contributed by atoms with van der Waals surface area (Å²) in [5.41, 5.74) is 1.98. The molecule has 5 aromatic rings. The highest BCUT2D eigenvalue weighted by molar-refractivity contribution is 6.04. The van der Waals surface area contributed by atoms with Gasteiger partial charge in [0, 0.05) is 68.2 Å². The number of alkyl halides is 3. The predicted molar refractivity (Wildman–Crippen MR) is 162 cm³/mol. The maximum atomic E-state index is 14.4. The Morgan fingerprint density at radius 3 is 2.43 bits per heavy atom. The number of rotatable bonds is 7. The van der Waals surface area contributed by atoms with E-state index < -0.39 is 11.7 Å². The first-order valence-corrected chi connectivity index (χ1v) is 14.6. The molecule has 228 valence electrons. The molecule has 0 unspecified atom stereocenters. The molecule has 1 N–H and O–H groups in total. The molecule has 5 heterocycles. The number of hydrogen-bond donors (Lipinski definition) is 1. The van der Waals surface area contributed by atoms with E-state index in [2.05, 4.69) is 25.5 Å². The van der Waals surface area contributed by atoms with Crippen LogP contribution < -0.4 is 20.5 Å². The number of fused-ring (bicyclic) bond motifs is 3. The average Bonchev–Trinajstić information content (AvgIpc) is 3.47. The summed E-state index contributed by atoms with van der Waals surface area (Å²) in [6, 6.07) is 13.5. The summed E-state index contributed by atoms with van der Waals surface area (Å²) < 4.78 is 51.5. The molecule has 2 aliphatic rings. The summed E-state index contributed by atoms with van der Waals surface area (Å²) in [7, 11) is 1.54. The average molecular weight is 605 g/mol. The van der Waals surface area contributed by atoms with E-state index >= 15 is 0 Å². The summed E-state index contributed by atoms with van der Waals surface area (Å²) in [4.78, 5) is 22.2. The fraction of sp³-hybridized carbons (Fsp3) is 0.355. The Morgan fingerprint density at radius 2 is 1.75 bits per heavy atom. The maximum Gasteiger partial charge on any atom is 0.418 e. The predicted octanol–water partition coefficient (Wildman–Crippen LogP) is 3.94. The molecule has 3 aromatic heterocycles. The number of benzene rings is 2. The number of aromatic nitrogens is 5. The first kappa shape index (κ1) is 28.3. The van der Waals surface area contributed by atoms with Gasteiger partial charge in [0.1, 0.15) is 5.52 Å². The monoisotopic (exact) mass is 604 g/mol. The molecular weight excluding hydrogens is 573 g/mol. The van der Waals surface area contributed by atoms with Crippen LogP contribution in [0, 0.1) is 0 Å². The number of piperazine rings is 1. The molecule has 44 heavy (non-hydrogen) atoms. The van der Waals surface area contributed by atoms with Crippen LogP contribution in [0.15, 0.2) is 59.5 Å². The van der Waals surface area contributed by atoms with Crippen molar-refractivity contribution in [1.82, 2.24) is 34.8 Å². The van der Waals surface area contributed by atoms with E-state index in [0.29, 0.717) is 61.6 Å². The van der Waals surface area contributed by atoms with Crippen molar-refractivity contribution >= 4 is 27.6 Å². The van der Waals surface area contributed by atoms with Gasteiger partial charge in [-0.2, -0.15) is 13.2 Å². The molecule has 0 bridgehead atoms. The van der Waals surface area contributed by atoms with Gasteiger partial charge >= 0.3 is 6.18 Å². The van der Waals surface area contributed by atoms with Crippen LogP contribution in [0.1, 0.15) is 12.0 Å². The van der Waals surface area contributed by atoms with E-state index in [-0.39, 0.29) is 22.5 Å². The smallest absolute Gasteiger partial charge is 0.418 e. The molecule has 10 nitrogen and oxygen atoms in total. The SMILES string of the molecule is COc1ccc(-c2ccc3c(c2)c2c(nnn2-c2ccc(N4CCNCC4)c(C(F)(F)F)c2)c(=O)n3CCN2CCC2)cn1. The van der Waals surface area contributed by atoms with Gasteiger partial charge in [-0.1, -0.05) is 11.3 Å². The summed E-state index contributed by atoms with van der Waals surface area (Å²) in [6.45, 7) is 5.30. The van der Waals surface area contributed by atoms with Crippen molar-refractivity contribution in [2.24, 2.45) is 0 Å². The number of ether oxygens (including phenoxy) is 1. The van der Waals surface area contributed by atoms with E-state index in [4.69, 9.17) is 4.74 Å². The fourth-order valence-electron chi connectivity index (χ4n) is 6.03. The van der Waals surface area contributed by atoms with E-state index in [1.807, 2.05) is 24.3 Å². The maximum absolute atomic E-state index is 14.4. The number of anilines is 1. The van der Waals surface area contributed by atoms with E-state index in [0.717, 1.165) is 36.7 Å². The zero-order valence-corrected chi connectivity index (χ0v) is 24.1. The molecule has 0 spiro atoms. The van der Waals surface area contributed by atoms with Gasteiger partial charge in [0.2, 0.25) is 5.88 Å². The lowest BCUT2D eigenvalue weighted by atomic mass is 10.0. The van der Waals surface area contributed by atoms with Crippen molar-refractivity contribution in [2.45, 2.75) is 19.1 Å². The molecule has 2 aromatic carbocycles. The zero-order valence-electron chi connectivity index (χ0n) is 24.1. The quantitative estimate of drug-likeness (QED) is 0.299. The van der Waals surface area contributed by atoms with E-state index in [1.165, 1.54) is 10.7 Å². The minimum Gasteiger partial charge on any atom is -0.481 e. The van der Waals surface area contributed by atoms with Crippen molar-refractivity contribution in [3.05, 3.63) is 70.6 Å². The topological polar surface area (TPSA) is 93.3 Å². The number of halogens is 3. The lowest BCUT2D eigenvalue weighted by molar-refractivity contribution is -0.137. The number of nitrogens with zero attached hydrogens (tertiary/aromatic N) is 7. The van der Waals surface area contributed by atoms with Crippen molar-refractivity contribution in [2.75, 3.05) is 57.8 Å². The summed E-state index contributed by atoms with van der Waals surface area (Å²) in [5, 5.41) is 12.3. The number of likely N-dealkylation sites (tertiary alicyclic amines) is 1. The lowest BCUT2D eigenvalue weighted by Gasteiger charge is -2.31. The number of nitrogens with one attached hydrogen (secondary N) is 1. The van der Waals surface area contributed by atoms with Crippen molar-refractivity contribution < 1.29 is 17.9 Å². The minimum absolute atomic E-state index is 0.103. The largest absolute Gasteiger partial charge is 0.481 e. The van der Waals surface area contributed by atoms with E-state index in [9.17, 15) is 18.0 Å². The third-order valence-corrected chi connectivity index (χ3v) is 8.52. The van der Waals surface area contributed by atoms with Gasteiger partial charge in [-0.3, -0.25) is 4.79 Å². The van der Waals surface area contributed by atoms with Gasteiger partial charge in [0.05, 0.1) is 23.9 Å². The first-order valence-electron chi connectivity index (χ1n) is 14.6. The summed E-state index contributed by atoms with van der Waals surface area (Å²) in [5.74, 6) is 0.476. The molecule has 13 heteroatoms. The van der Waals surface area contributed by atoms with Gasteiger partial charge in [-0.15, -0.1) is 5.10 Å². The van der Waals surface area contributed by atoms with Gasteiger partial charge in [0.15, 0.2) is 5.52 Å². The Bertz CT molecular complexity index is 1890. The van der Waals surface area contributed by atoms with Gasteiger partial charge in [-0.25, -0.2) is 9.67 Å². The molecule has 2 aliphatic heterocycles. The second kappa shape index (κ2) is 11.2. The number of pyridine rings is 2. The van der Waals surface area contributed by atoms with Crippen molar-refractivity contribution in [3.63, 3.8) is 0 Å². The highest BCUT2D eigenvalue weighted by Gasteiger charge is 2.36. The molecule has 0 amide bonds. The van der Waals surface area contributed by atoms with Crippen LogP contribution in [0.4, 0.5) is 18.9 Å². The fourth-order valence-corrected chi connectivity index (χ4v) is 6.03. The Hall–Kier alpha value is -4.49. The van der Waals surface area contributed by atoms with Crippen LogP contribution in [0.25, 0.3) is 38.8 Å². The summed E-state index contributed by atoms with van der Waals surface area (Å²) in [6.07, 6.45) is -1.76.